The maximum Gasteiger partial charge on any atom is 0.178 e. The van der Waals surface area contributed by atoms with Crippen LogP contribution in [-0.2, 0) is 6.54 Å². The second kappa shape index (κ2) is 5.72. The highest BCUT2D eigenvalue weighted by Gasteiger charge is 2.21. The Bertz CT molecular complexity index is 645. The van der Waals surface area contributed by atoms with Crippen LogP contribution in [0.1, 0.15) is 44.6 Å². The molecule has 1 aliphatic carbocycles. The zero-order chi connectivity index (χ0) is 14.1. The van der Waals surface area contributed by atoms with Crippen LogP contribution in [0.5, 0.6) is 0 Å². The van der Waals surface area contributed by atoms with E-state index in [2.05, 4.69) is 41.6 Å². The molecule has 0 radical (unpaired) electrons. The van der Waals surface area contributed by atoms with Gasteiger partial charge in [0.05, 0.1) is 11.0 Å². The largest absolute Gasteiger partial charge is 0.330 e. The van der Waals surface area contributed by atoms with Gasteiger partial charge < -0.3 is 9.55 Å². The van der Waals surface area contributed by atoms with Gasteiger partial charge in [-0.2, -0.15) is 0 Å². The second-order valence-electron chi connectivity index (χ2n) is 6.30. The van der Waals surface area contributed by atoms with E-state index >= 15 is 0 Å². The first-order valence-electron chi connectivity index (χ1n) is 7.87. The topological polar surface area (TPSA) is 20.7 Å². The van der Waals surface area contributed by atoms with Crippen molar-refractivity contribution in [1.82, 2.24) is 9.55 Å². The number of benzene rings is 1. The Kier molecular flexibility index (Phi) is 3.97. The maximum absolute atomic E-state index is 5.53. The highest BCUT2D eigenvalue weighted by Crippen LogP contribution is 2.32. The predicted molar refractivity (Wildman–Crippen MR) is 87.6 cm³/mol. The van der Waals surface area contributed by atoms with Crippen molar-refractivity contribution in [3.63, 3.8) is 0 Å². The molecule has 1 aromatic heterocycles. The molecule has 2 nitrogen and oxygen atoms in total. The molecule has 1 heterocycles. The molecule has 20 heavy (non-hydrogen) atoms. The predicted octanol–water partition coefficient (Wildman–Crippen LogP) is 5.22. The minimum Gasteiger partial charge on any atom is -0.330 e. The monoisotopic (exact) mass is 288 g/mol. The summed E-state index contributed by atoms with van der Waals surface area (Å²) in [5, 5.41) is 0. The van der Waals surface area contributed by atoms with Crippen LogP contribution in [0, 0.1) is 23.5 Å². The third kappa shape index (κ3) is 2.56. The van der Waals surface area contributed by atoms with Crippen LogP contribution in [0.15, 0.2) is 18.2 Å². The molecule has 0 amide bonds. The highest BCUT2D eigenvalue weighted by atomic mass is 32.1. The summed E-state index contributed by atoms with van der Waals surface area (Å²) in [6.07, 6.45) is 6.86. The first-order valence-corrected chi connectivity index (χ1v) is 8.28. The van der Waals surface area contributed by atoms with E-state index in [1.54, 1.807) is 0 Å². The van der Waals surface area contributed by atoms with Crippen molar-refractivity contribution in [3.8, 4) is 0 Å². The Morgan fingerprint density at radius 3 is 2.60 bits per heavy atom. The summed E-state index contributed by atoms with van der Waals surface area (Å²) in [6.45, 7) is 5.55. The Morgan fingerprint density at radius 1 is 1.20 bits per heavy atom. The maximum atomic E-state index is 5.53. The molecule has 0 bridgehead atoms. The third-order valence-electron chi connectivity index (χ3n) is 5.00. The highest BCUT2D eigenvalue weighted by molar-refractivity contribution is 7.71. The zero-order valence-electron chi connectivity index (χ0n) is 12.5. The summed E-state index contributed by atoms with van der Waals surface area (Å²) in [6, 6.07) is 6.46. The normalized spacial score (nSPS) is 23.3. The standard InChI is InChI=1S/C17H24N2S/c1-3-13-7-9-14(10-8-13)11-19-15-6-4-5-12(2)16(15)18-17(19)20/h4-6,13-14H,3,7-11H2,1-2H3,(H,18,20). The minimum absolute atomic E-state index is 0.795. The lowest BCUT2D eigenvalue weighted by atomic mass is 9.81. The van der Waals surface area contributed by atoms with Gasteiger partial charge in [0.15, 0.2) is 4.77 Å². The van der Waals surface area contributed by atoms with E-state index in [1.165, 1.54) is 48.7 Å². The van der Waals surface area contributed by atoms with E-state index < -0.39 is 0 Å². The molecule has 1 N–H and O–H groups in total. The molecule has 1 aromatic carbocycles. The quantitative estimate of drug-likeness (QED) is 0.768. The molecule has 1 saturated carbocycles. The van der Waals surface area contributed by atoms with Gasteiger partial charge in [-0.15, -0.1) is 0 Å². The minimum atomic E-state index is 0.795. The summed E-state index contributed by atoms with van der Waals surface area (Å²) >= 11 is 5.53. The number of aromatic amines is 1. The van der Waals surface area contributed by atoms with E-state index in [4.69, 9.17) is 12.2 Å². The van der Waals surface area contributed by atoms with Crippen molar-refractivity contribution >= 4 is 23.3 Å². The Labute approximate surface area is 126 Å². The Morgan fingerprint density at radius 2 is 1.90 bits per heavy atom. The molecular formula is C17H24N2S. The number of nitrogens with zero attached hydrogens (tertiary/aromatic N) is 1. The van der Waals surface area contributed by atoms with Crippen LogP contribution in [-0.4, -0.2) is 9.55 Å². The fraction of sp³-hybridized carbons (Fsp3) is 0.588. The van der Waals surface area contributed by atoms with Crippen LogP contribution in [0.25, 0.3) is 11.0 Å². The second-order valence-corrected chi connectivity index (χ2v) is 6.69. The first kappa shape index (κ1) is 13.9. The summed E-state index contributed by atoms with van der Waals surface area (Å²) in [5.41, 5.74) is 3.76. The van der Waals surface area contributed by atoms with Crippen molar-refractivity contribution in [3.05, 3.63) is 28.5 Å². The lowest BCUT2D eigenvalue weighted by molar-refractivity contribution is 0.248. The van der Waals surface area contributed by atoms with Crippen LogP contribution < -0.4 is 0 Å². The molecule has 0 saturated heterocycles. The number of para-hydroxylation sites is 1. The van der Waals surface area contributed by atoms with E-state index in [0.717, 1.165) is 23.2 Å². The van der Waals surface area contributed by atoms with Gasteiger partial charge in [0.25, 0.3) is 0 Å². The molecule has 0 aliphatic heterocycles. The number of fused-ring (bicyclic) bond motifs is 1. The van der Waals surface area contributed by atoms with E-state index in [-0.39, 0.29) is 0 Å². The van der Waals surface area contributed by atoms with E-state index in [1.807, 2.05) is 0 Å². The average molecular weight is 288 g/mol. The molecule has 1 aliphatic rings. The Balaban J connectivity index is 1.83. The lowest BCUT2D eigenvalue weighted by Gasteiger charge is -2.28. The van der Waals surface area contributed by atoms with Crippen LogP contribution >= 0.6 is 12.2 Å². The van der Waals surface area contributed by atoms with E-state index in [0.29, 0.717) is 0 Å². The van der Waals surface area contributed by atoms with E-state index in [9.17, 15) is 0 Å². The Hall–Kier alpha value is -1.09. The number of H-pyrrole nitrogens is 1. The first-order chi connectivity index (χ1) is 9.69. The van der Waals surface area contributed by atoms with Crippen LogP contribution in [0.4, 0.5) is 0 Å². The summed E-state index contributed by atoms with van der Waals surface area (Å²) < 4.78 is 3.20. The van der Waals surface area contributed by atoms with Gasteiger partial charge >= 0.3 is 0 Å². The summed E-state index contributed by atoms with van der Waals surface area (Å²) in [4.78, 5) is 3.38. The van der Waals surface area contributed by atoms with Crippen molar-refractivity contribution < 1.29 is 0 Å². The zero-order valence-corrected chi connectivity index (χ0v) is 13.3. The smallest absolute Gasteiger partial charge is 0.178 e. The van der Waals surface area contributed by atoms with Gasteiger partial charge in [-0.1, -0.05) is 38.3 Å². The molecule has 0 spiro atoms. The molecule has 2 aromatic rings. The SMILES string of the molecule is CCC1CCC(Cn2c(=S)[nH]c3c(C)cccc32)CC1. The lowest BCUT2D eigenvalue weighted by Crippen LogP contribution is -2.18. The number of aromatic nitrogens is 2. The van der Waals surface area contributed by atoms with Crippen LogP contribution in [0.2, 0.25) is 0 Å². The van der Waals surface area contributed by atoms with Crippen LogP contribution in [0.3, 0.4) is 0 Å². The van der Waals surface area contributed by atoms with Crippen molar-refractivity contribution in [2.75, 3.05) is 0 Å². The molecule has 3 rings (SSSR count). The molecule has 0 atom stereocenters. The molecule has 1 fully saturated rings. The number of hydrogen-bond acceptors (Lipinski definition) is 1. The van der Waals surface area contributed by atoms with Crippen molar-refractivity contribution in [1.29, 1.82) is 0 Å². The number of rotatable bonds is 3. The fourth-order valence-corrected chi connectivity index (χ4v) is 3.86. The van der Waals surface area contributed by atoms with Gasteiger partial charge in [0.1, 0.15) is 0 Å². The third-order valence-corrected chi connectivity index (χ3v) is 5.33. The van der Waals surface area contributed by atoms with Crippen molar-refractivity contribution in [2.24, 2.45) is 11.8 Å². The molecule has 3 heteroatoms. The van der Waals surface area contributed by atoms with Gasteiger partial charge in [-0.3, -0.25) is 0 Å². The number of nitrogens with one attached hydrogen (secondary N) is 1. The average Bonchev–Trinajstić information content (AvgIpc) is 2.78. The molecule has 108 valence electrons. The number of hydrogen-bond donors (Lipinski definition) is 1. The molecule has 0 unspecified atom stereocenters. The fourth-order valence-electron chi connectivity index (χ4n) is 3.59. The van der Waals surface area contributed by atoms with Gasteiger partial charge in [0, 0.05) is 6.54 Å². The number of imidazole rings is 1. The van der Waals surface area contributed by atoms with Gasteiger partial charge in [0.2, 0.25) is 0 Å². The van der Waals surface area contributed by atoms with Gasteiger partial charge in [-0.05, 0) is 55.4 Å². The molecular weight excluding hydrogens is 264 g/mol. The summed E-state index contributed by atoms with van der Waals surface area (Å²) in [5.74, 6) is 1.76. The van der Waals surface area contributed by atoms with Crippen molar-refractivity contribution in [2.45, 2.75) is 52.5 Å². The number of aryl methyl sites for hydroxylation is 1. The summed E-state index contributed by atoms with van der Waals surface area (Å²) in [7, 11) is 0. The van der Waals surface area contributed by atoms with Gasteiger partial charge in [-0.25, -0.2) is 0 Å².